The van der Waals surface area contributed by atoms with Gasteiger partial charge < -0.3 is 10.6 Å². The van der Waals surface area contributed by atoms with E-state index in [9.17, 15) is 4.79 Å². The number of nitrogens with one attached hydrogen (secondary N) is 2. The Morgan fingerprint density at radius 1 is 1.00 bits per heavy atom. The van der Waals surface area contributed by atoms with Gasteiger partial charge in [0, 0.05) is 18.7 Å². The Balaban J connectivity index is 0.000000443. The third-order valence-corrected chi connectivity index (χ3v) is 3.87. The summed E-state index contributed by atoms with van der Waals surface area (Å²) in [5, 5.41) is 7.25. The van der Waals surface area contributed by atoms with Crippen molar-refractivity contribution >= 4 is 53.1 Å². The zero-order valence-corrected chi connectivity index (χ0v) is 18.4. The largest absolute Gasteiger partial charge is 0.352 e. The Kier molecular flexibility index (Phi) is 13.9. The Morgan fingerprint density at radius 3 is 2.24 bits per heavy atom. The van der Waals surface area contributed by atoms with Gasteiger partial charge in [0.15, 0.2) is 0 Å². The predicted molar refractivity (Wildman–Crippen MR) is 118 cm³/mol. The lowest BCUT2D eigenvalue weighted by Crippen LogP contribution is -2.23. The summed E-state index contributed by atoms with van der Waals surface area (Å²) >= 11 is 11.6. The van der Waals surface area contributed by atoms with Crippen molar-refractivity contribution in [2.45, 2.75) is 26.8 Å². The van der Waals surface area contributed by atoms with Gasteiger partial charge in [-0.1, -0.05) is 61.3 Å². The first kappa shape index (κ1) is 24.2. The van der Waals surface area contributed by atoms with E-state index in [1.807, 2.05) is 55.5 Å². The van der Waals surface area contributed by atoms with Gasteiger partial charge in [0.25, 0.3) is 5.91 Å². The maximum Gasteiger partial charge on any atom is 0.251 e. The van der Waals surface area contributed by atoms with Crippen molar-refractivity contribution in [2.75, 3.05) is 13.1 Å². The zero-order valence-electron chi connectivity index (χ0n) is 14.5. The molecule has 0 saturated carbocycles. The minimum atomic E-state index is 0. The molecule has 1 amide bonds. The van der Waals surface area contributed by atoms with Crippen LogP contribution in [0.1, 0.15) is 36.2 Å². The van der Waals surface area contributed by atoms with E-state index >= 15 is 0 Å². The highest BCUT2D eigenvalue weighted by Crippen LogP contribution is 2.22. The number of carbonyl (C=O) groups excluding carboxylic acids is 1. The van der Waals surface area contributed by atoms with E-state index < -0.39 is 0 Å². The zero-order chi connectivity index (χ0) is 17.8. The summed E-state index contributed by atoms with van der Waals surface area (Å²) in [5.41, 5.74) is 1.89. The molecule has 2 N–H and O–H groups in total. The Bertz CT molecular complexity index is 624. The Hall–Kier alpha value is -0.820. The fourth-order valence-electron chi connectivity index (χ4n) is 1.85. The SMILES string of the molecule is CCCNC(=O)c1ccccc1.CCNCc1ccc(Cl)c(Cl)c1.I. The average molecular weight is 495 g/mol. The number of amides is 1. The van der Waals surface area contributed by atoms with Crippen LogP contribution in [0, 0.1) is 0 Å². The molecule has 2 aromatic carbocycles. The normalized spacial score (nSPS) is 9.44. The molecule has 0 atom stereocenters. The highest BCUT2D eigenvalue weighted by molar-refractivity contribution is 14.0. The van der Waals surface area contributed by atoms with Crippen LogP contribution in [-0.2, 0) is 6.54 Å². The molecule has 138 valence electrons. The average Bonchev–Trinajstić information content (AvgIpc) is 2.62. The smallest absolute Gasteiger partial charge is 0.251 e. The van der Waals surface area contributed by atoms with E-state index in [1.165, 1.54) is 0 Å². The quantitative estimate of drug-likeness (QED) is 0.517. The second kappa shape index (κ2) is 14.4. The van der Waals surface area contributed by atoms with Crippen LogP contribution in [0.2, 0.25) is 10.0 Å². The number of rotatable bonds is 6. The first-order chi connectivity index (χ1) is 11.6. The van der Waals surface area contributed by atoms with Crippen molar-refractivity contribution in [3.63, 3.8) is 0 Å². The molecule has 0 spiro atoms. The molecule has 0 aliphatic rings. The van der Waals surface area contributed by atoms with Crippen LogP contribution in [0.25, 0.3) is 0 Å². The number of hydrogen-bond acceptors (Lipinski definition) is 2. The summed E-state index contributed by atoms with van der Waals surface area (Å²) in [6.07, 6.45) is 0.971. The van der Waals surface area contributed by atoms with Crippen molar-refractivity contribution in [1.82, 2.24) is 10.6 Å². The summed E-state index contributed by atoms with van der Waals surface area (Å²) in [7, 11) is 0. The number of hydrogen-bond donors (Lipinski definition) is 2. The minimum Gasteiger partial charge on any atom is -0.352 e. The number of carbonyl (C=O) groups is 1. The molecule has 0 aliphatic carbocycles. The summed E-state index contributed by atoms with van der Waals surface area (Å²) in [6.45, 7) is 6.64. The first-order valence-electron chi connectivity index (χ1n) is 8.06. The Labute approximate surface area is 177 Å². The van der Waals surface area contributed by atoms with Crippen molar-refractivity contribution in [2.24, 2.45) is 0 Å². The van der Waals surface area contributed by atoms with Crippen LogP contribution < -0.4 is 10.6 Å². The van der Waals surface area contributed by atoms with Crippen LogP contribution in [0.3, 0.4) is 0 Å². The molecule has 2 aromatic rings. The third kappa shape index (κ3) is 10.0. The lowest BCUT2D eigenvalue weighted by atomic mass is 10.2. The fourth-order valence-corrected chi connectivity index (χ4v) is 2.17. The molecule has 0 fully saturated rings. The molecule has 0 saturated heterocycles. The van der Waals surface area contributed by atoms with Gasteiger partial charge in [0.05, 0.1) is 10.0 Å². The van der Waals surface area contributed by atoms with Crippen LogP contribution in [0.4, 0.5) is 0 Å². The van der Waals surface area contributed by atoms with Gasteiger partial charge in [0.1, 0.15) is 0 Å². The number of benzene rings is 2. The van der Waals surface area contributed by atoms with Gasteiger partial charge in [-0.15, -0.1) is 24.0 Å². The molecule has 0 aliphatic heterocycles. The van der Waals surface area contributed by atoms with E-state index in [4.69, 9.17) is 23.2 Å². The van der Waals surface area contributed by atoms with Crippen LogP contribution in [-0.4, -0.2) is 19.0 Å². The van der Waals surface area contributed by atoms with Crippen LogP contribution in [0.5, 0.6) is 0 Å². The fraction of sp³-hybridized carbons (Fsp3) is 0.316. The van der Waals surface area contributed by atoms with Gasteiger partial charge in [0.2, 0.25) is 0 Å². The maximum atomic E-state index is 11.3. The van der Waals surface area contributed by atoms with Gasteiger partial charge in [-0.3, -0.25) is 4.79 Å². The molecule has 2 rings (SSSR count). The molecule has 3 nitrogen and oxygen atoms in total. The van der Waals surface area contributed by atoms with Crippen LogP contribution in [0.15, 0.2) is 48.5 Å². The molecule has 6 heteroatoms. The first-order valence-corrected chi connectivity index (χ1v) is 8.82. The molecule has 0 aromatic heterocycles. The molecule has 0 unspecified atom stereocenters. The maximum absolute atomic E-state index is 11.3. The van der Waals surface area contributed by atoms with Gasteiger partial charge in [-0.2, -0.15) is 0 Å². The lowest BCUT2D eigenvalue weighted by Gasteiger charge is -2.02. The predicted octanol–water partition coefficient (Wildman–Crippen LogP) is 5.55. The van der Waals surface area contributed by atoms with Gasteiger partial charge >= 0.3 is 0 Å². The van der Waals surface area contributed by atoms with E-state index in [-0.39, 0.29) is 29.9 Å². The highest BCUT2D eigenvalue weighted by Gasteiger charge is 2.01. The molecular weight excluding hydrogens is 470 g/mol. The van der Waals surface area contributed by atoms with Crippen molar-refractivity contribution < 1.29 is 4.79 Å². The second-order valence-electron chi connectivity index (χ2n) is 5.15. The van der Waals surface area contributed by atoms with Gasteiger partial charge in [-0.25, -0.2) is 0 Å². The third-order valence-electron chi connectivity index (χ3n) is 3.13. The van der Waals surface area contributed by atoms with Crippen LogP contribution >= 0.6 is 47.2 Å². The minimum absolute atomic E-state index is 0. The molecular formula is C19H25Cl2IN2O. The van der Waals surface area contributed by atoms with Crippen molar-refractivity contribution in [1.29, 1.82) is 0 Å². The van der Waals surface area contributed by atoms with Crippen molar-refractivity contribution in [3.8, 4) is 0 Å². The summed E-state index contributed by atoms with van der Waals surface area (Å²) in [5.74, 6) is 0.0115. The van der Waals surface area contributed by atoms with Crippen molar-refractivity contribution in [3.05, 3.63) is 69.7 Å². The Morgan fingerprint density at radius 2 is 1.68 bits per heavy atom. The van der Waals surface area contributed by atoms with E-state index in [0.29, 0.717) is 10.0 Å². The van der Waals surface area contributed by atoms with E-state index in [0.717, 1.165) is 37.2 Å². The monoisotopic (exact) mass is 494 g/mol. The summed E-state index contributed by atoms with van der Waals surface area (Å²) < 4.78 is 0. The highest BCUT2D eigenvalue weighted by atomic mass is 127. The standard InChI is InChI=1S/C10H13NO.C9H11Cl2N.HI/c1-2-8-11-10(12)9-6-4-3-5-7-9;1-2-12-6-7-3-4-8(10)9(11)5-7;/h3-7H,2,8H2,1H3,(H,11,12);3-5,12H,2,6H2,1H3;1H. The summed E-state index contributed by atoms with van der Waals surface area (Å²) in [4.78, 5) is 11.3. The summed E-state index contributed by atoms with van der Waals surface area (Å²) in [6, 6.07) is 14.9. The molecule has 0 bridgehead atoms. The molecule has 25 heavy (non-hydrogen) atoms. The topological polar surface area (TPSA) is 41.1 Å². The second-order valence-corrected chi connectivity index (χ2v) is 5.97. The van der Waals surface area contributed by atoms with E-state index in [2.05, 4.69) is 17.6 Å². The lowest BCUT2D eigenvalue weighted by molar-refractivity contribution is 0.0953. The van der Waals surface area contributed by atoms with E-state index in [1.54, 1.807) is 0 Å². The molecule has 0 radical (unpaired) electrons. The van der Waals surface area contributed by atoms with Gasteiger partial charge in [-0.05, 0) is 42.8 Å². The molecule has 0 heterocycles. The number of halogens is 3.